The molecule has 0 unspecified atom stereocenters. The number of benzene rings is 1. The van der Waals surface area contributed by atoms with Crippen molar-refractivity contribution >= 4 is 10.9 Å². The van der Waals surface area contributed by atoms with Crippen molar-refractivity contribution in [1.82, 2.24) is 9.55 Å². The highest BCUT2D eigenvalue weighted by Crippen LogP contribution is 2.33. The molecule has 2 aromatic heterocycles. The molecule has 98 valence electrons. The van der Waals surface area contributed by atoms with Crippen LogP contribution >= 0.6 is 0 Å². The molecule has 0 amide bonds. The summed E-state index contributed by atoms with van der Waals surface area (Å²) in [5.41, 5.74) is 2.07. The number of aryl methyl sites for hydroxylation is 1. The van der Waals surface area contributed by atoms with E-state index in [1.165, 1.54) is 7.11 Å². The maximum absolute atomic E-state index is 5.53. The van der Waals surface area contributed by atoms with Crippen LogP contribution in [0.3, 0.4) is 0 Å². The number of hydrogen-bond acceptors (Lipinski definition) is 4. The van der Waals surface area contributed by atoms with E-state index < -0.39 is 0 Å². The van der Waals surface area contributed by atoms with Crippen LogP contribution in [0.4, 0.5) is 0 Å². The summed E-state index contributed by atoms with van der Waals surface area (Å²) < 4.78 is 17.8. The molecule has 0 aliphatic heterocycles. The summed E-state index contributed by atoms with van der Waals surface area (Å²) in [6.07, 6.45) is 3.92. The van der Waals surface area contributed by atoms with Crippen molar-refractivity contribution in [1.29, 1.82) is 0 Å². The largest absolute Gasteiger partial charge is 0.497 e. The first-order chi connectivity index (χ1) is 9.22. The summed E-state index contributed by atoms with van der Waals surface area (Å²) in [4.78, 5) is 4.04. The molecule has 0 radical (unpaired) electrons. The van der Waals surface area contributed by atoms with Gasteiger partial charge in [0.15, 0.2) is 5.76 Å². The molecule has 3 aromatic rings. The molecule has 0 aliphatic rings. The fourth-order valence-electron chi connectivity index (χ4n) is 2.17. The van der Waals surface area contributed by atoms with Crippen molar-refractivity contribution < 1.29 is 13.9 Å². The average Bonchev–Trinajstić information content (AvgIpc) is 3.03. The average molecular weight is 258 g/mol. The fraction of sp³-hybridized carbons (Fsp3) is 0.214. The summed E-state index contributed by atoms with van der Waals surface area (Å²) in [7, 11) is 5.18. The van der Waals surface area contributed by atoms with E-state index in [0.717, 1.165) is 22.2 Å². The van der Waals surface area contributed by atoms with Gasteiger partial charge in [-0.15, -0.1) is 0 Å². The van der Waals surface area contributed by atoms with Gasteiger partial charge in [-0.05, 0) is 18.2 Å². The molecule has 2 heterocycles. The first-order valence-corrected chi connectivity index (χ1v) is 5.86. The molecule has 1 aromatic carbocycles. The number of methoxy groups -OCH3 is 2. The van der Waals surface area contributed by atoms with Gasteiger partial charge in [0.2, 0.25) is 0 Å². The zero-order chi connectivity index (χ0) is 13.4. The third-order valence-corrected chi connectivity index (χ3v) is 3.12. The Kier molecular flexibility index (Phi) is 2.67. The van der Waals surface area contributed by atoms with E-state index in [4.69, 9.17) is 13.9 Å². The highest BCUT2D eigenvalue weighted by Gasteiger charge is 2.14. The second-order valence-corrected chi connectivity index (χ2v) is 4.23. The van der Waals surface area contributed by atoms with Crippen LogP contribution in [0.5, 0.6) is 11.8 Å². The van der Waals surface area contributed by atoms with E-state index in [2.05, 4.69) is 4.98 Å². The second-order valence-electron chi connectivity index (χ2n) is 4.23. The molecule has 5 heteroatoms. The van der Waals surface area contributed by atoms with Gasteiger partial charge >= 0.3 is 6.08 Å². The number of rotatable bonds is 3. The molecule has 19 heavy (non-hydrogen) atoms. The SMILES string of the molecule is COc1ccc2c(c1)c(-c1cnc(OC)o1)cn2C. The van der Waals surface area contributed by atoms with Crippen LogP contribution in [0.15, 0.2) is 35.0 Å². The minimum atomic E-state index is 0.259. The van der Waals surface area contributed by atoms with Gasteiger partial charge in [-0.25, -0.2) is 0 Å². The highest BCUT2D eigenvalue weighted by atomic mass is 16.6. The number of aromatic nitrogens is 2. The molecule has 5 nitrogen and oxygen atoms in total. The first kappa shape index (κ1) is 11.6. The van der Waals surface area contributed by atoms with Crippen molar-refractivity contribution in [3.05, 3.63) is 30.6 Å². The monoisotopic (exact) mass is 258 g/mol. The minimum absolute atomic E-state index is 0.259. The maximum Gasteiger partial charge on any atom is 0.393 e. The van der Waals surface area contributed by atoms with Crippen LogP contribution in [0, 0.1) is 0 Å². The lowest BCUT2D eigenvalue weighted by Gasteiger charge is -2.01. The smallest absolute Gasteiger partial charge is 0.393 e. The number of ether oxygens (including phenoxy) is 2. The van der Waals surface area contributed by atoms with Crippen molar-refractivity contribution in [2.45, 2.75) is 0 Å². The summed E-state index contributed by atoms with van der Waals surface area (Å²) >= 11 is 0. The van der Waals surface area contributed by atoms with E-state index in [1.54, 1.807) is 13.3 Å². The third-order valence-electron chi connectivity index (χ3n) is 3.12. The minimum Gasteiger partial charge on any atom is -0.497 e. The molecule has 0 atom stereocenters. The van der Waals surface area contributed by atoms with E-state index in [9.17, 15) is 0 Å². The van der Waals surface area contributed by atoms with Crippen LogP contribution in [-0.4, -0.2) is 23.8 Å². The molecule has 0 fully saturated rings. The highest BCUT2D eigenvalue weighted by molar-refractivity contribution is 5.95. The van der Waals surface area contributed by atoms with E-state index >= 15 is 0 Å². The summed E-state index contributed by atoms with van der Waals surface area (Å²) in [6, 6.07) is 5.94. The Balaban J connectivity index is 2.22. The molecule has 0 saturated heterocycles. The van der Waals surface area contributed by atoms with Crippen LogP contribution in [0.1, 0.15) is 0 Å². The Labute approximate surface area is 110 Å². The van der Waals surface area contributed by atoms with E-state index in [0.29, 0.717) is 5.76 Å². The lowest BCUT2D eigenvalue weighted by molar-refractivity contribution is 0.293. The number of nitrogens with zero attached hydrogens (tertiary/aromatic N) is 2. The summed E-state index contributed by atoms with van der Waals surface area (Å²) in [5.74, 6) is 1.49. The predicted molar refractivity (Wildman–Crippen MR) is 71.5 cm³/mol. The van der Waals surface area contributed by atoms with Crippen molar-refractivity contribution in [3.8, 4) is 23.1 Å². The Morgan fingerprint density at radius 2 is 2.05 bits per heavy atom. The maximum atomic E-state index is 5.53. The molecule has 0 aliphatic carbocycles. The zero-order valence-corrected chi connectivity index (χ0v) is 11.0. The lowest BCUT2D eigenvalue weighted by Crippen LogP contribution is -1.84. The Hall–Kier alpha value is -2.43. The van der Waals surface area contributed by atoms with Crippen LogP contribution in [0.25, 0.3) is 22.2 Å². The Bertz CT molecular complexity index is 727. The van der Waals surface area contributed by atoms with Crippen LogP contribution in [0.2, 0.25) is 0 Å². The van der Waals surface area contributed by atoms with Gasteiger partial charge in [0.05, 0.1) is 20.4 Å². The molecular weight excluding hydrogens is 244 g/mol. The quantitative estimate of drug-likeness (QED) is 0.724. The van der Waals surface area contributed by atoms with Crippen molar-refractivity contribution in [2.24, 2.45) is 7.05 Å². The summed E-state index contributed by atoms with van der Waals surface area (Å²) in [5, 5.41) is 1.06. The Morgan fingerprint density at radius 1 is 1.21 bits per heavy atom. The number of oxazole rings is 1. The van der Waals surface area contributed by atoms with Crippen molar-refractivity contribution in [3.63, 3.8) is 0 Å². The predicted octanol–water partition coefficient (Wildman–Crippen LogP) is 2.85. The second kappa shape index (κ2) is 4.35. The van der Waals surface area contributed by atoms with Gasteiger partial charge in [-0.3, -0.25) is 0 Å². The topological polar surface area (TPSA) is 49.4 Å². The molecule has 0 bridgehead atoms. The van der Waals surface area contributed by atoms with Gasteiger partial charge in [0.25, 0.3) is 0 Å². The lowest BCUT2D eigenvalue weighted by atomic mass is 10.1. The van der Waals surface area contributed by atoms with Gasteiger partial charge < -0.3 is 18.5 Å². The standard InChI is InChI=1S/C14H14N2O3/c1-16-8-11(13-7-15-14(18-3)19-13)10-6-9(17-2)4-5-12(10)16/h4-8H,1-3H3. The van der Waals surface area contributed by atoms with Gasteiger partial charge in [0, 0.05) is 29.7 Å². The molecule has 0 spiro atoms. The first-order valence-electron chi connectivity index (χ1n) is 5.86. The third kappa shape index (κ3) is 1.83. The summed E-state index contributed by atoms with van der Waals surface area (Å²) in [6.45, 7) is 0. The molecule has 3 rings (SSSR count). The van der Waals surface area contributed by atoms with Gasteiger partial charge in [-0.2, -0.15) is 4.98 Å². The molecular formula is C14H14N2O3. The fourth-order valence-corrected chi connectivity index (χ4v) is 2.17. The number of fused-ring (bicyclic) bond motifs is 1. The number of hydrogen-bond donors (Lipinski definition) is 0. The van der Waals surface area contributed by atoms with Crippen molar-refractivity contribution in [2.75, 3.05) is 14.2 Å². The normalized spacial score (nSPS) is 10.9. The zero-order valence-electron chi connectivity index (χ0n) is 11.0. The molecule has 0 saturated carbocycles. The Morgan fingerprint density at radius 3 is 2.74 bits per heavy atom. The van der Waals surface area contributed by atoms with E-state index in [-0.39, 0.29) is 6.08 Å². The van der Waals surface area contributed by atoms with E-state index in [1.807, 2.05) is 36.0 Å². The van der Waals surface area contributed by atoms with Crippen LogP contribution < -0.4 is 9.47 Å². The van der Waals surface area contributed by atoms with Gasteiger partial charge in [0.1, 0.15) is 5.75 Å². The van der Waals surface area contributed by atoms with Gasteiger partial charge in [-0.1, -0.05) is 0 Å². The van der Waals surface area contributed by atoms with Crippen LogP contribution in [-0.2, 0) is 7.05 Å². The molecule has 0 N–H and O–H groups in total.